The second-order valence-corrected chi connectivity index (χ2v) is 8.38. The first-order valence-electron chi connectivity index (χ1n) is 10.6. The van der Waals surface area contributed by atoms with Crippen molar-refractivity contribution in [2.75, 3.05) is 26.2 Å². The van der Waals surface area contributed by atoms with Gasteiger partial charge in [-0.3, -0.25) is 9.69 Å². The molecule has 4 nitrogen and oxygen atoms in total. The molecular weight excluding hydrogens is 334 g/mol. The zero-order chi connectivity index (χ0) is 19.3. The number of carbonyl (C=O) groups is 1. The van der Waals surface area contributed by atoms with Crippen LogP contribution in [0.3, 0.4) is 0 Å². The summed E-state index contributed by atoms with van der Waals surface area (Å²) in [7, 11) is 0. The summed E-state index contributed by atoms with van der Waals surface area (Å²) < 4.78 is 0. The molecule has 2 saturated heterocycles. The predicted molar refractivity (Wildman–Crippen MR) is 108 cm³/mol. The van der Waals surface area contributed by atoms with Crippen molar-refractivity contribution in [1.82, 2.24) is 9.80 Å². The lowest BCUT2D eigenvalue weighted by Crippen LogP contribution is -2.49. The molecule has 3 rings (SSSR count). The molecule has 0 saturated carbocycles. The van der Waals surface area contributed by atoms with Gasteiger partial charge < -0.3 is 4.90 Å². The van der Waals surface area contributed by atoms with Crippen LogP contribution in [0.5, 0.6) is 0 Å². The summed E-state index contributed by atoms with van der Waals surface area (Å²) in [5.74, 6) is 0.585. The number of likely N-dealkylation sites (tertiary alicyclic amines) is 2. The van der Waals surface area contributed by atoms with Gasteiger partial charge in [0.15, 0.2) is 0 Å². The molecule has 0 radical (unpaired) electrons. The van der Waals surface area contributed by atoms with E-state index in [2.05, 4.69) is 35.8 Å². The molecule has 1 aromatic rings. The molecule has 0 N–H and O–H groups in total. The quantitative estimate of drug-likeness (QED) is 0.784. The maximum absolute atomic E-state index is 12.6. The van der Waals surface area contributed by atoms with Gasteiger partial charge in [0.05, 0.1) is 11.6 Å². The monoisotopic (exact) mass is 367 g/mol. The Balaban J connectivity index is 1.51. The fraction of sp³-hybridized carbons (Fsp3) is 0.652. The molecule has 1 aromatic carbocycles. The van der Waals surface area contributed by atoms with Crippen LogP contribution in [0.2, 0.25) is 0 Å². The largest absolute Gasteiger partial charge is 0.342 e. The van der Waals surface area contributed by atoms with Crippen LogP contribution in [-0.4, -0.2) is 41.9 Å². The van der Waals surface area contributed by atoms with Crippen LogP contribution in [0.15, 0.2) is 24.3 Å². The van der Waals surface area contributed by atoms with E-state index in [1.54, 1.807) is 0 Å². The van der Waals surface area contributed by atoms with Crippen molar-refractivity contribution in [2.45, 2.75) is 58.9 Å². The predicted octanol–water partition coefficient (Wildman–Crippen LogP) is 4.20. The number of rotatable bonds is 5. The van der Waals surface area contributed by atoms with Crippen LogP contribution >= 0.6 is 0 Å². The van der Waals surface area contributed by atoms with E-state index in [9.17, 15) is 10.1 Å². The van der Waals surface area contributed by atoms with E-state index in [4.69, 9.17) is 0 Å². The summed E-state index contributed by atoms with van der Waals surface area (Å²) in [5, 5.41) is 9.29. The number of piperidine rings is 2. The van der Waals surface area contributed by atoms with Gasteiger partial charge in [-0.2, -0.15) is 5.26 Å². The Morgan fingerprint density at radius 1 is 1.07 bits per heavy atom. The molecule has 0 aromatic heterocycles. The van der Waals surface area contributed by atoms with Gasteiger partial charge in [-0.25, -0.2) is 0 Å². The van der Waals surface area contributed by atoms with Crippen LogP contribution in [0.25, 0.3) is 0 Å². The number of nitriles is 1. The normalized spacial score (nSPS) is 20.0. The molecule has 1 amide bonds. The number of nitrogens with zero attached hydrogens (tertiary/aromatic N) is 3. The third kappa shape index (κ3) is 4.52. The first kappa shape index (κ1) is 19.9. The minimum Gasteiger partial charge on any atom is -0.342 e. The van der Waals surface area contributed by atoms with E-state index >= 15 is 0 Å². The highest BCUT2D eigenvalue weighted by molar-refractivity contribution is 5.78. The number of benzene rings is 1. The van der Waals surface area contributed by atoms with Crippen molar-refractivity contribution in [1.29, 1.82) is 5.26 Å². The molecular formula is C23H33N3O. The van der Waals surface area contributed by atoms with Crippen LogP contribution in [0.1, 0.15) is 63.5 Å². The topological polar surface area (TPSA) is 47.3 Å². The zero-order valence-corrected chi connectivity index (χ0v) is 16.9. The highest BCUT2D eigenvalue weighted by Crippen LogP contribution is 2.41. The molecule has 4 heteroatoms. The van der Waals surface area contributed by atoms with E-state index in [-0.39, 0.29) is 5.92 Å². The summed E-state index contributed by atoms with van der Waals surface area (Å²) in [6.45, 7) is 9.19. The van der Waals surface area contributed by atoms with Gasteiger partial charge in [0.25, 0.3) is 0 Å². The lowest BCUT2D eigenvalue weighted by Gasteiger charge is -2.47. The number of hydrogen-bond acceptors (Lipinski definition) is 3. The molecule has 27 heavy (non-hydrogen) atoms. The van der Waals surface area contributed by atoms with Gasteiger partial charge in [-0.15, -0.1) is 0 Å². The maximum Gasteiger partial charge on any atom is 0.225 e. The van der Waals surface area contributed by atoms with Gasteiger partial charge in [-0.1, -0.05) is 32.0 Å². The molecule has 0 unspecified atom stereocenters. The Morgan fingerprint density at radius 2 is 1.67 bits per heavy atom. The highest BCUT2D eigenvalue weighted by Gasteiger charge is 2.39. The summed E-state index contributed by atoms with van der Waals surface area (Å²) in [6.07, 6.45) is 6.65. The van der Waals surface area contributed by atoms with Crippen molar-refractivity contribution < 1.29 is 4.79 Å². The van der Waals surface area contributed by atoms with E-state index in [1.165, 1.54) is 12.8 Å². The summed E-state index contributed by atoms with van der Waals surface area (Å²) in [4.78, 5) is 17.3. The van der Waals surface area contributed by atoms with Gasteiger partial charge in [0, 0.05) is 25.6 Å². The van der Waals surface area contributed by atoms with Crippen molar-refractivity contribution in [3.8, 4) is 6.07 Å². The first-order chi connectivity index (χ1) is 13.1. The average molecular weight is 368 g/mol. The van der Waals surface area contributed by atoms with Crippen molar-refractivity contribution in [3.05, 3.63) is 35.4 Å². The lowest BCUT2D eigenvalue weighted by atomic mass is 9.71. The second kappa shape index (κ2) is 8.89. The molecule has 146 valence electrons. The van der Waals surface area contributed by atoms with Gasteiger partial charge in [0.1, 0.15) is 0 Å². The number of hydrogen-bond donors (Lipinski definition) is 0. The molecule has 0 bridgehead atoms. The number of amides is 1. The second-order valence-electron chi connectivity index (χ2n) is 8.38. The average Bonchev–Trinajstić information content (AvgIpc) is 2.72. The van der Waals surface area contributed by atoms with Crippen molar-refractivity contribution >= 4 is 5.91 Å². The van der Waals surface area contributed by atoms with E-state index < -0.39 is 0 Å². The molecule has 0 atom stereocenters. The maximum atomic E-state index is 12.6. The Morgan fingerprint density at radius 3 is 2.26 bits per heavy atom. The van der Waals surface area contributed by atoms with Crippen molar-refractivity contribution in [3.63, 3.8) is 0 Å². The molecule has 1 spiro atoms. The van der Waals surface area contributed by atoms with Gasteiger partial charge >= 0.3 is 0 Å². The number of carbonyl (C=O) groups excluding carboxylic acids is 1. The summed E-state index contributed by atoms with van der Waals surface area (Å²) in [5.41, 5.74) is 2.36. The summed E-state index contributed by atoms with van der Waals surface area (Å²) in [6, 6.07) is 10.3. The minimum absolute atomic E-state index is 0.209. The molecule has 2 aliphatic rings. The van der Waals surface area contributed by atoms with E-state index in [1.807, 2.05) is 18.2 Å². The van der Waals surface area contributed by atoms with Gasteiger partial charge in [-0.05, 0) is 68.7 Å². The molecule has 2 fully saturated rings. The third-order valence-corrected chi connectivity index (χ3v) is 6.92. The van der Waals surface area contributed by atoms with Crippen molar-refractivity contribution in [2.24, 2.45) is 11.3 Å². The standard InChI is InChI=1S/C23H33N3O/c1-3-19(4-2)22(27)26-15-11-23(12-16-26)9-13-25(14-10-23)18-21-8-6-5-7-20(21)17-24/h5-8,19H,3-4,9-16,18H2,1-2H3. The van der Waals surface area contributed by atoms with Crippen LogP contribution in [0, 0.1) is 22.7 Å². The molecule has 2 heterocycles. The Bertz CT molecular complexity index is 671. The summed E-state index contributed by atoms with van der Waals surface area (Å²) >= 11 is 0. The lowest BCUT2D eigenvalue weighted by molar-refractivity contribution is -0.138. The van der Waals surface area contributed by atoms with E-state index in [0.717, 1.165) is 69.5 Å². The molecule has 0 aliphatic carbocycles. The Hall–Kier alpha value is -1.86. The minimum atomic E-state index is 0.209. The van der Waals surface area contributed by atoms with Crippen LogP contribution in [-0.2, 0) is 11.3 Å². The smallest absolute Gasteiger partial charge is 0.225 e. The van der Waals surface area contributed by atoms with Crippen LogP contribution in [0.4, 0.5) is 0 Å². The Kier molecular flexibility index (Phi) is 6.55. The zero-order valence-electron chi connectivity index (χ0n) is 16.9. The van der Waals surface area contributed by atoms with Crippen LogP contribution < -0.4 is 0 Å². The first-order valence-corrected chi connectivity index (χ1v) is 10.6. The van der Waals surface area contributed by atoms with E-state index in [0.29, 0.717) is 11.3 Å². The SMILES string of the molecule is CCC(CC)C(=O)N1CCC2(CCN(Cc3ccccc3C#N)CC2)CC1. The third-order valence-electron chi connectivity index (χ3n) is 6.92. The highest BCUT2D eigenvalue weighted by atomic mass is 16.2. The molecule has 2 aliphatic heterocycles. The fourth-order valence-electron chi connectivity index (χ4n) is 4.79. The fourth-order valence-corrected chi connectivity index (χ4v) is 4.79. The Labute approximate surface area is 164 Å². The van der Waals surface area contributed by atoms with Gasteiger partial charge in [0.2, 0.25) is 5.91 Å².